The topological polar surface area (TPSA) is 64.0 Å². The molecule has 3 aromatic rings. The van der Waals surface area contributed by atoms with Gasteiger partial charge < -0.3 is 0 Å². The Morgan fingerprint density at radius 3 is 2.66 bits per heavy atom. The Bertz CT molecular complexity index is 1380. The number of amides is 1. The van der Waals surface area contributed by atoms with Crippen LogP contribution in [0.2, 0.25) is 0 Å². The van der Waals surface area contributed by atoms with Gasteiger partial charge in [-0.2, -0.15) is 18.3 Å². The summed E-state index contributed by atoms with van der Waals surface area (Å²) in [7, 11) is -1.10. The molecule has 11 heteroatoms. The molecule has 5 nitrogen and oxygen atoms in total. The van der Waals surface area contributed by atoms with Gasteiger partial charge in [0.1, 0.15) is 0 Å². The van der Waals surface area contributed by atoms with Crippen LogP contribution in [0.4, 0.5) is 13.2 Å². The molecule has 4 rings (SSSR count). The highest BCUT2D eigenvalue weighted by Gasteiger charge is 2.35. The van der Waals surface area contributed by atoms with E-state index in [2.05, 4.69) is 9.82 Å². The maximum absolute atomic E-state index is 13.8. The Balaban J connectivity index is 1.80. The van der Waals surface area contributed by atoms with Gasteiger partial charge in [0.25, 0.3) is 5.91 Å². The lowest BCUT2D eigenvalue weighted by atomic mass is 10.1. The van der Waals surface area contributed by atoms with Crippen molar-refractivity contribution in [2.45, 2.75) is 12.6 Å². The molecular weight excluding hydrogens is 515 g/mol. The lowest BCUT2D eigenvalue weighted by Gasteiger charge is -2.14. The van der Waals surface area contributed by atoms with Crippen molar-refractivity contribution in [3.05, 3.63) is 87.8 Å². The molecule has 1 aliphatic rings. The summed E-state index contributed by atoms with van der Waals surface area (Å²) in [5, 5.41) is 4.24. The second-order valence-electron chi connectivity index (χ2n) is 7.46. The molecule has 1 aromatic carbocycles. The Labute approximate surface area is 211 Å². The zero-order valence-electron chi connectivity index (χ0n) is 18.6. The number of aromatic nitrogens is 2. The van der Waals surface area contributed by atoms with Crippen LogP contribution in [0.1, 0.15) is 27.3 Å². The van der Waals surface area contributed by atoms with E-state index < -0.39 is 28.4 Å². The van der Waals surface area contributed by atoms with Gasteiger partial charge in [-0.15, -0.1) is 11.3 Å². The number of para-hydroxylation sites is 1. The van der Waals surface area contributed by atoms with Gasteiger partial charge in [0.15, 0.2) is 5.69 Å². The summed E-state index contributed by atoms with van der Waals surface area (Å²) >= 11 is 2.46. The molecule has 1 unspecified atom stereocenters. The van der Waals surface area contributed by atoms with E-state index in [-0.39, 0.29) is 11.4 Å². The van der Waals surface area contributed by atoms with Gasteiger partial charge in [0, 0.05) is 33.1 Å². The molecule has 182 valence electrons. The molecular formula is C24H20F3N3O2S3. The van der Waals surface area contributed by atoms with Gasteiger partial charge in [-0.1, -0.05) is 42.3 Å². The average molecular weight is 536 g/mol. The molecule has 2 heterocycles. The number of hydrogen-bond acceptors (Lipinski definition) is 5. The van der Waals surface area contributed by atoms with Crippen LogP contribution in [-0.4, -0.2) is 32.4 Å². The molecule has 0 bridgehead atoms. The number of thiophene rings is 1. The standard InChI is InChI=1S/C24H20F3N3O2S3/c1-33-29-23(31)18-14-20(30(28-18)19-9-4-3-8-17(19)24(25,26)27)22-13-12-21(34-22)15-6-5-7-16(11-10-15)35(2)32/h3-9,11-14H,10H2,1-2H3,(H,29,31). The Morgan fingerprint density at radius 2 is 1.94 bits per heavy atom. The normalized spacial score (nSPS) is 14.8. The van der Waals surface area contributed by atoms with Gasteiger partial charge in [0.2, 0.25) is 0 Å². The number of halogens is 3. The molecule has 35 heavy (non-hydrogen) atoms. The monoisotopic (exact) mass is 535 g/mol. The summed E-state index contributed by atoms with van der Waals surface area (Å²) in [6.07, 6.45) is 6.74. The Hall–Kier alpha value is -2.89. The van der Waals surface area contributed by atoms with Crippen LogP contribution in [-0.2, 0) is 17.0 Å². The lowest BCUT2D eigenvalue weighted by Crippen LogP contribution is -2.17. The third-order valence-corrected chi connectivity index (χ3v) is 7.70. The zero-order chi connectivity index (χ0) is 25.2. The first kappa shape index (κ1) is 25.2. The quantitative estimate of drug-likeness (QED) is 0.380. The highest BCUT2D eigenvalue weighted by atomic mass is 32.2. The lowest BCUT2D eigenvalue weighted by molar-refractivity contribution is -0.137. The fraction of sp³-hybridized carbons (Fsp3) is 0.167. The summed E-state index contributed by atoms with van der Waals surface area (Å²) in [5.41, 5.74) is 0.360. The highest BCUT2D eigenvalue weighted by Crippen LogP contribution is 2.39. The first-order valence-electron chi connectivity index (χ1n) is 10.3. The number of benzene rings is 1. The minimum absolute atomic E-state index is 0.0101. The number of alkyl halides is 3. The molecule has 0 spiro atoms. The summed E-state index contributed by atoms with van der Waals surface area (Å²) in [6.45, 7) is 0. The number of carbonyl (C=O) groups is 1. The molecule has 2 aromatic heterocycles. The van der Waals surface area contributed by atoms with Crippen molar-refractivity contribution in [2.24, 2.45) is 0 Å². The molecule has 0 radical (unpaired) electrons. The predicted octanol–water partition coefficient (Wildman–Crippen LogP) is 6.23. The van der Waals surface area contributed by atoms with E-state index in [0.29, 0.717) is 17.0 Å². The van der Waals surface area contributed by atoms with Crippen molar-refractivity contribution in [1.82, 2.24) is 14.5 Å². The number of rotatable bonds is 6. The van der Waals surface area contributed by atoms with Crippen LogP contribution in [0.5, 0.6) is 0 Å². The van der Waals surface area contributed by atoms with Gasteiger partial charge >= 0.3 is 6.18 Å². The SMILES string of the molecule is CSNC(=O)c1cc(-c2ccc(C3=CC=CC(S(C)=O)=CC3)s2)n(-c2ccccc2C(F)(F)F)n1. The summed E-state index contributed by atoms with van der Waals surface area (Å²) < 4.78 is 56.8. The molecule has 0 saturated carbocycles. The van der Waals surface area contributed by atoms with Gasteiger partial charge in [-0.25, -0.2) is 4.68 Å². The van der Waals surface area contributed by atoms with Crippen LogP contribution in [0.25, 0.3) is 21.8 Å². The smallest absolute Gasteiger partial charge is 0.295 e. The van der Waals surface area contributed by atoms with E-state index in [0.717, 1.165) is 33.4 Å². The number of allylic oxidation sites excluding steroid dienone is 5. The van der Waals surface area contributed by atoms with Gasteiger partial charge in [0.05, 0.1) is 21.8 Å². The van der Waals surface area contributed by atoms with Crippen LogP contribution in [0.15, 0.2) is 71.7 Å². The van der Waals surface area contributed by atoms with Crippen molar-refractivity contribution >= 4 is 45.6 Å². The fourth-order valence-corrected chi connectivity index (χ4v) is 5.46. The molecule has 0 saturated heterocycles. The maximum atomic E-state index is 13.8. The van der Waals surface area contributed by atoms with Crippen molar-refractivity contribution in [2.75, 3.05) is 12.5 Å². The third kappa shape index (κ3) is 5.52. The largest absolute Gasteiger partial charge is 0.418 e. The van der Waals surface area contributed by atoms with Crippen LogP contribution in [0, 0.1) is 0 Å². The van der Waals surface area contributed by atoms with E-state index in [1.54, 1.807) is 24.7 Å². The highest BCUT2D eigenvalue weighted by molar-refractivity contribution is 7.97. The molecule has 1 N–H and O–H groups in total. The van der Waals surface area contributed by atoms with Crippen LogP contribution < -0.4 is 4.72 Å². The molecule has 1 atom stereocenters. The van der Waals surface area contributed by atoms with E-state index >= 15 is 0 Å². The van der Waals surface area contributed by atoms with Crippen molar-refractivity contribution in [1.29, 1.82) is 0 Å². The van der Waals surface area contributed by atoms with E-state index in [1.165, 1.54) is 40.3 Å². The average Bonchev–Trinajstić information content (AvgIpc) is 3.40. The summed E-state index contributed by atoms with van der Waals surface area (Å²) in [4.78, 5) is 14.8. The van der Waals surface area contributed by atoms with Crippen LogP contribution in [0.3, 0.4) is 0 Å². The predicted molar refractivity (Wildman–Crippen MR) is 137 cm³/mol. The number of nitrogens with one attached hydrogen (secondary N) is 1. The van der Waals surface area contributed by atoms with Crippen LogP contribution >= 0.6 is 23.3 Å². The summed E-state index contributed by atoms with van der Waals surface area (Å²) in [5.74, 6) is -0.499. The van der Waals surface area contributed by atoms with Crippen molar-refractivity contribution in [3.8, 4) is 16.3 Å². The van der Waals surface area contributed by atoms with Gasteiger partial charge in [-0.05, 0) is 48.4 Å². The molecule has 0 aliphatic heterocycles. The summed E-state index contributed by atoms with van der Waals surface area (Å²) in [6, 6.07) is 10.3. The Kier molecular flexibility index (Phi) is 7.48. The number of nitrogens with zero attached hydrogens (tertiary/aromatic N) is 2. The first-order valence-corrected chi connectivity index (χ1v) is 13.9. The van der Waals surface area contributed by atoms with E-state index in [1.807, 2.05) is 24.3 Å². The van der Waals surface area contributed by atoms with Gasteiger partial charge in [-0.3, -0.25) is 13.7 Å². The second-order valence-corrected chi connectivity index (χ2v) is 10.5. The second kappa shape index (κ2) is 10.4. The number of carbonyl (C=O) groups excluding carboxylic acids is 1. The third-order valence-electron chi connectivity index (χ3n) is 5.16. The minimum Gasteiger partial charge on any atom is -0.295 e. The Morgan fingerprint density at radius 1 is 1.20 bits per heavy atom. The van der Waals surface area contributed by atoms with Crippen molar-refractivity contribution in [3.63, 3.8) is 0 Å². The first-order chi connectivity index (χ1) is 16.7. The molecule has 1 amide bonds. The van der Waals surface area contributed by atoms with E-state index in [9.17, 15) is 22.2 Å². The zero-order valence-corrected chi connectivity index (χ0v) is 21.1. The number of hydrogen-bond donors (Lipinski definition) is 1. The molecule has 0 fully saturated rings. The fourth-order valence-electron chi connectivity index (χ4n) is 3.54. The molecule has 1 aliphatic carbocycles. The van der Waals surface area contributed by atoms with Crippen molar-refractivity contribution < 1.29 is 22.2 Å². The maximum Gasteiger partial charge on any atom is 0.418 e. The minimum atomic E-state index is -4.59. The van der Waals surface area contributed by atoms with E-state index in [4.69, 9.17) is 0 Å².